The van der Waals surface area contributed by atoms with Crippen LogP contribution in [0.4, 0.5) is 0 Å². The third-order valence-corrected chi connectivity index (χ3v) is 3.05. The van der Waals surface area contributed by atoms with Crippen LogP contribution in [-0.4, -0.2) is 0 Å². The molecule has 13 heavy (non-hydrogen) atoms. The first-order valence-corrected chi connectivity index (χ1v) is 5.28. The van der Waals surface area contributed by atoms with Crippen LogP contribution in [0.3, 0.4) is 0 Å². The summed E-state index contributed by atoms with van der Waals surface area (Å²) in [6.45, 7) is 6.91. The molecule has 1 rings (SSSR count). The number of benzene rings is 1. The van der Waals surface area contributed by atoms with E-state index in [0.29, 0.717) is 5.41 Å². The van der Waals surface area contributed by atoms with Crippen molar-refractivity contribution in [1.82, 2.24) is 0 Å². The summed E-state index contributed by atoms with van der Waals surface area (Å²) in [7, 11) is 0. The molecule has 0 N–H and O–H groups in total. The average Bonchev–Trinajstić information content (AvgIpc) is 2.19. The van der Waals surface area contributed by atoms with Crippen molar-refractivity contribution in [3.63, 3.8) is 0 Å². The molecule has 1 aromatic rings. The molecule has 0 heteroatoms. The molecule has 0 aromatic heterocycles. The van der Waals surface area contributed by atoms with Gasteiger partial charge in [0, 0.05) is 0 Å². The Balaban J connectivity index is 2.89. The Morgan fingerprint density at radius 3 is 2.15 bits per heavy atom. The zero-order valence-electron chi connectivity index (χ0n) is 9.01. The lowest BCUT2D eigenvalue weighted by Crippen LogP contribution is -2.20. The maximum absolute atomic E-state index is 2.37. The number of hydrogen-bond donors (Lipinski definition) is 0. The van der Waals surface area contributed by atoms with E-state index in [9.17, 15) is 0 Å². The molecule has 0 fully saturated rings. The fraction of sp³-hybridized carbons (Fsp3) is 0.538. The van der Waals surface area contributed by atoms with Gasteiger partial charge in [-0.2, -0.15) is 0 Å². The van der Waals surface area contributed by atoms with Gasteiger partial charge in [-0.3, -0.25) is 0 Å². The van der Waals surface area contributed by atoms with Gasteiger partial charge in [-0.1, -0.05) is 57.5 Å². The van der Waals surface area contributed by atoms with Gasteiger partial charge in [-0.05, 0) is 23.8 Å². The highest BCUT2D eigenvalue weighted by Crippen LogP contribution is 2.31. The molecule has 0 heterocycles. The van der Waals surface area contributed by atoms with Crippen molar-refractivity contribution >= 4 is 0 Å². The fourth-order valence-electron chi connectivity index (χ4n) is 1.92. The van der Waals surface area contributed by atoms with Crippen LogP contribution in [0.15, 0.2) is 30.3 Å². The molecule has 1 atom stereocenters. The standard InChI is InChI=1S/C13H20/c1-4-11-13(3,5-2)12-9-7-6-8-10-12/h6-10H,4-5,11H2,1-3H3. The van der Waals surface area contributed by atoms with Crippen LogP contribution in [0.2, 0.25) is 0 Å². The van der Waals surface area contributed by atoms with E-state index in [1.165, 1.54) is 24.8 Å². The summed E-state index contributed by atoms with van der Waals surface area (Å²) in [6.07, 6.45) is 3.78. The molecular weight excluding hydrogens is 156 g/mol. The van der Waals surface area contributed by atoms with Crippen molar-refractivity contribution < 1.29 is 0 Å². The minimum atomic E-state index is 0.385. The van der Waals surface area contributed by atoms with Gasteiger partial charge in [0.25, 0.3) is 0 Å². The molecule has 0 aliphatic rings. The third kappa shape index (κ3) is 2.33. The van der Waals surface area contributed by atoms with Gasteiger partial charge >= 0.3 is 0 Å². The molecule has 0 saturated carbocycles. The summed E-state index contributed by atoms with van der Waals surface area (Å²) in [5.74, 6) is 0. The van der Waals surface area contributed by atoms with Crippen molar-refractivity contribution in [2.24, 2.45) is 0 Å². The zero-order chi connectivity index (χ0) is 9.73. The largest absolute Gasteiger partial charge is 0.0654 e. The van der Waals surface area contributed by atoms with Crippen molar-refractivity contribution in [3.05, 3.63) is 35.9 Å². The van der Waals surface area contributed by atoms with Gasteiger partial charge in [-0.15, -0.1) is 0 Å². The molecule has 0 amide bonds. The van der Waals surface area contributed by atoms with Gasteiger partial charge in [0.1, 0.15) is 0 Å². The van der Waals surface area contributed by atoms with E-state index in [0.717, 1.165) is 0 Å². The average molecular weight is 176 g/mol. The van der Waals surface area contributed by atoms with E-state index < -0.39 is 0 Å². The minimum Gasteiger partial charge on any atom is -0.0654 e. The predicted molar refractivity (Wildman–Crippen MR) is 59.0 cm³/mol. The van der Waals surface area contributed by atoms with Crippen molar-refractivity contribution in [1.29, 1.82) is 0 Å². The van der Waals surface area contributed by atoms with Gasteiger partial charge < -0.3 is 0 Å². The Kier molecular flexibility index (Phi) is 3.53. The Hall–Kier alpha value is -0.780. The minimum absolute atomic E-state index is 0.385. The lowest BCUT2D eigenvalue weighted by molar-refractivity contribution is 0.414. The molecule has 0 bridgehead atoms. The van der Waals surface area contributed by atoms with Gasteiger partial charge in [0.05, 0.1) is 0 Å². The molecule has 0 spiro atoms. The molecular formula is C13H20. The summed E-state index contributed by atoms with van der Waals surface area (Å²) >= 11 is 0. The Labute approximate surface area is 82.0 Å². The summed E-state index contributed by atoms with van der Waals surface area (Å²) in [6, 6.07) is 10.9. The highest BCUT2D eigenvalue weighted by molar-refractivity contribution is 5.23. The van der Waals surface area contributed by atoms with Crippen LogP contribution in [0.1, 0.15) is 45.6 Å². The predicted octanol–water partition coefficient (Wildman–Crippen LogP) is 4.15. The summed E-state index contributed by atoms with van der Waals surface area (Å²) in [4.78, 5) is 0. The zero-order valence-corrected chi connectivity index (χ0v) is 9.01. The van der Waals surface area contributed by atoms with Gasteiger partial charge in [-0.25, -0.2) is 0 Å². The van der Waals surface area contributed by atoms with E-state index >= 15 is 0 Å². The molecule has 72 valence electrons. The Morgan fingerprint density at radius 1 is 1.08 bits per heavy atom. The first-order chi connectivity index (χ1) is 6.23. The highest BCUT2D eigenvalue weighted by atomic mass is 14.3. The van der Waals surface area contributed by atoms with Crippen molar-refractivity contribution in [2.45, 2.75) is 45.4 Å². The highest BCUT2D eigenvalue weighted by Gasteiger charge is 2.22. The molecule has 1 unspecified atom stereocenters. The molecule has 0 radical (unpaired) electrons. The van der Waals surface area contributed by atoms with Gasteiger partial charge in [0.15, 0.2) is 0 Å². The van der Waals surface area contributed by atoms with Crippen LogP contribution < -0.4 is 0 Å². The van der Waals surface area contributed by atoms with Crippen LogP contribution in [0, 0.1) is 0 Å². The van der Waals surface area contributed by atoms with E-state index in [1.54, 1.807) is 0 Å². The summed E-state index contributed by atoms with van der Waals surface area (Å²) in [5, 5.41) is 0. The van der Waals surface area contributed by atoms with Crippen LogP contribution >= 0.6 is 0 Å². The van der Waals surface area contributed by atoms with E-state index in [2.05, 4.69) is 51.1 Å². The van der Waals surface area contributed by atoms with Gasteiger partial charge in [0.2, 0.25) is 0 Å². The topological polar surface area (TPSA) is 0 Å². The fourth-order valence-corrected chi connectivity index (χ4v) is 1.92. The second-order valence-electron chi connectivity index (χ2n) is 4.03. The maximum Gasteiger partial charge on any atom is -0.00780 e. The quantitative estimate of drug-likeness (QED) is 0.646. The van der Waals surface area contributed by atoms with Crippen LogP contribution in [0.5, 0.6) is 0 Å². The first-order valence-electron chi connectivity index (χ1n) is 5.28. The van der Waals surface area contributed by atoms with E-state index in [-0.39, 0.29) is 0 Å². The normalized spacial score (nSPS) is 15.3. The molecule has 1 aromatic carbocycles. The molecule has 0 aliphatic heterocycles. The monoisotopic (exact) mass is 176 g/mol. The van der Waals surface area contributed by atoms with Crippen LogP contribution in [0.25, 0.3) is 0 Å². The maximum atomic E-state index is 2.37. The molecule has 0 nitrogen and oxygen atoms in total. The smallest absolute Gasteiger partial charge is 0.00780 e. The Morgan fingerprint density at radius 2 is 1.69 bits per heavy atom. The van der Waals surface area contributed by atoms with E-state index in [4.69, 9.17) is 0 Å². The van der Waals surface area contributed by atoms with Crippen LogP contribution in [-0.2, 0) is 5.41 Å². The SMILES string of the molecule is CCCC(C)(CC)c1ccccc1. The molecule has 0 saturated heterocycles. The first kappa shape index (κ1) is 10.3. The van der Waals surface area contributed by atoms with Crippen molar-refractivity contribution in [2.75, 3.05) is 0 Å². The second kappa shape index (κ2) is 4.45. The number of rotatable bonds is 4. The second-order valence-corrected chi connectivity index (χ2v) is 4.03. The lowest BCUT2D eigenvalue weighted by atomic mass is 9.77. The Bertz CT molecular complexity index is 237. The summed E-state index contributed by atoms with van der Waals surface area (Å²) < 4.78 is 0. The van der Waals surface area contributed by atoms with E-state index in [1.807, 2.05) is 0 Å². The third-order valence-electron chi connectivity index (χ3n) is 3.05. The lowest BCUT2D eigenvalue weighted by Gasteiger charge is -2.28. The number of hydrogen-bond acceptors (Lipinski definition) is 0. The summed E-state index contributed by atoms with van der Waals surface area (Å²) in [5.41, 5.74) is 1.87. The van der Waals surface area contributed by atoms with Crippen molar-refractivity contribution in [3.8, 4) is 0 Å². The molecule has 0 aliphatic carbocycles.